The minimum Gasteiger partial charge on any atom is -0.479 e. The monoisotopic (exact) mass is 383 g/mol. The van der Waals surface area contributed by atoms with Crippen molar-refractivity contribution in [2.75, 3.05) is 6.54 Å². The number of hydrogen-bond acceptors (Lipinski definition) is 5. The Kier molecular flexibility index (Phi) is 4.85. The summed E-state index contributed by atoms with van der Waals surface area (Å²) in [4.78, 5) is 38.6. The van der Waals surface area contributed by atoms with Crippen LogP contribution in [0.1, 0.15) is 52.7 Å². The lowest BCUT2D eigenvalue weighted by Gasteiger charge is -2.25. The maximum atomic E-state index is 12.8. The van der Waals surface area contributed by atoms with Gasteiger partial charge < -0.3 is 19.8 Å². The number of fused-ring (bicyclic) bond motifs is 1. The van der Waals surface area contributed by atoms with Crippen LogP contribution in [-0.4, -0.2) is 45.5 Å². The van der Waals surface area contributed by atoms with Gasteiger partial charge in [0.15, 0.2) is 11.7 Å². The molecule has 8 heteroatoms. The molecule has 0 bridgehead atoms. The van der Waals surface area contributed by atoms with Gasteiger partial charge in [-0.1, -0.05) is 35.5 Å². The molecule has 1 aromatic heterocycles. The highest BCUT2D eigenvalue weighted by Gasteiger charge is 2.41. The van der Waals surface area contributed by atoms with Gasteiger partial charge in [0, 0.05) is 18.5 Å². The average Bonchev–Trinajstić information content (AvgIpc) is 3.28. The molecule has 1 saturated heterocycles. The van der Waals surface area contributed by atoms with Crippen molar-refractivity contribution in [2.45, 2.75) is 44.2 Å². The molecule has 2 aromatic rings. The number of aryl methyl sites for hydroxylation is 1. The topological polar surface area (TPSA) is 113 Å². The van der Waals surface area contributed by atoms with Gasteiger partial charge in [0.2, 0.25) is 5.91 Å². The van der Waals surface area contributed by atoms with E-state index in [2.05, 4.69) is 10.5 Å². The lowest BCUT2D eigenvalue weighted by Crippen LogP contribution is -2.44. The molecule has 2 unspecified atom stereocenters. The van der Waals surface area contributed by atoms with Crippen LogP contribution in [0.15, 0.2) is 34.9 Å². The first kappa shape index (κ1) is 18.2. The third-order valence-corrected chi connectivity index (χ3v) is 5.37. The standard InChI is InChI=1S/C20H21N3O5/c24-18(16-13-8-4-5-9-15(13)28-22-16)21-14-10-11-23(19(14)25)17(20(26)27)12-6-2-1-3-7-12/h1-3,6-7,14,17H,4-5,8-11H2,(H,21,24)(H,26,27). The number of nitrogens with one attached hydrogen (secondary N) is 1. The van der Waals surface area contributed by atoms with Crippen LogP contribution < -0.4 is 5.32 Å². The van der Waals surface area contributed by atoms with E-state index < -0.39 is 29.9 Å². The molecule has 0 saturated carbocycles. The number of aromatic nitrogens is 1. The Hall–Kier alpha value is -3.16. The Labute approximate surface area is 161 Å². The second kappa shape index (κ2) is 7.46. The quantitative estimate of drug-likeness (QED) is 0.813. The molecule has 1 fully saturated rings. The molecule has 2 aliphatic rings. The molecule has 2 heterocycles. The number of amides is 2. The first-order chi connectivity index (χ1) is 13.6. The van der Waals surface area contributed by atoms with Crippen LogP contribution in [0, 0.1) is 0 Å². The molecule has 2 N–H and O–H groups in total. The van der Waals surface area contributed by atoms with Crippen LogP contribution >= 0.6 is 0 Å². The third-order valence-electron chi connectivity index (χ3n) is 5.37. The maximum Gasteiger partial charge on any atom is 0.331 e. The van der Waals surface area contributed by atoms with Crippen molar-refractivity contribution in [3.63, 3.8) is 0 Å². The van der Waals surface area contributed by atoms with Gasteiger partial charge in [-0.3, -0.25) is 9.59 Å². The molecule has 1 aliphatic carbocycles. The summed E-state index contributed by atoms with van der Waals surface area (Å²) in [7, 11) is 0. The Morgan fingerprint density at radius 3 is 2.71 bits per heavy atom. The Balaban J connectivity index is 1.49. The van der Waals surface area contributed by atoms with Crippen LogP contribution in [-0.2, 0) is 22.4 Å². The zero-order valence-corrected chi connectivity index (χ0v) is 15.3. The molecular weight excluding hydrogens is 362 g/mol. The van der Waals surface area contributed by atoms with Gasteiger partial charge >= 0.3 is 5.97 Å². The SMILES string of the molecule is O=C(NC1CCN(C(C(=O)O)c2ccccc2)C1=O)c1noc2c1CCCC2. The summed E-state index contributed by atoms with van der Waals surface area (Å²) < 4.78 is 5.26. The van der Waals surface area contributed by atoms with E-state index in [-0.39, 0.29) is 12.2 Å². The summed E-state index contributed by atoms with van der Waals surface area (Å²) in [6.45, 7) is 0.257. The van der Waals surface area contributed by atoms with Gasteiger partial charge in [-0.05, 0) is 31.2 Å². The van der Waals surface area contributed by atoms with Gasteiger partial charge in [-0.15, -0.1) is 0 Å². The number of aliphatic carboxylic acids is 1. The molecule has 1 aromatic carbocycles. The highest BCUT2D eigenvalue weighted by Crippen LogP contribution is 2.28. The predicted molar refractivity (Wildman–Crippen MR) is 97.5 cm³/mol. The summed E-state index contributed by atoms with van der Waals surface area (Å²) >= 11 is 0. The first-order valence-corrected chi connectivity index (χ1v) is 9.43. The van der Waals surface area contributed by atoms with Crippen molar-refractivity contribution >= 4 is 17.8 Å². The molecule has 1 aliphatic heterocycles. The summed E-state index contributed by atoms with van der Waals surface area (Å²) in [5.41, 5.74) is 1.58. The fourth-order valence-corrected chi connectivity index (χ4v) is 3.97. The minimum atomic E-state index is -1.10. The lowest BCUT2D eigenvalue weighted by molar-refractivity contribution is -0.149. The number of carboxylic acids is 1. The first-order valence-electron chi connectivity index (χ1n) is 9.43. The molecule has 0 spiro atoms. The Morgan fingerprint density at radius 1 is 1.21 bits per heavy atom. The molecule has 2 amide bonds. The van der Waals surface area contributed by atoms with E-state index >= 15 is 0 Å². The van der Waals surface area contributed by atoms with Crippen LogP contribution in [0.3, 0.4) is 0 Å². The highest BCUT2D eigenvalue weighted by atomic mass is 16.5. The number of carbonyl (C=O) groups is 3. The van der Waals surface area contributed by atoms with Crippen LogP contribution in [0.4, 0.5) is 0 Å². The molecule has 146 valence electrons. The largest absolute Gasteiger partial charge is 0.479 e. The Bertz CT molecular complexity index is 908. The Morgan fingerprint density at radius 2 is 1.96 bits per heavy atom. The smallest absolute Gasteiger partial charge is 0.331 e. The van der Waals surface area contributed by atoms with Gasteiger partial charge in [0.25, 0.3) is 5.91 Å². The van der Waals surface area contributed by atoms with E-state index in [4.69, 9.17) is 4.52 Å². The molecule has 4 rings (SSSR count). The van der Waals surface area contributed by atoms with E-state index in [0.29, 0.717) is 12.0 Å². The number of carbonyl (C=O) groups excluding carboxylic acids is 2. The summed E-state index contributed by atoms with van der Waals surface area (Å²) in [5.74, 6) is -1.21. The normalized spacial score (nSPS) is 19.9. The molecule has 2 atom stereocenters. The molecule has 8 nitrogen and oxygen atoms in total. The van der Waals surface area contributed by atoms with Gasteiger partial charge in [0.05, 0.1) is 0 Å². The van der Waals surface area contributed by atoms with Crippen LogP contribution in [0.2, 0.25) is 0 Å². The highest BCUT2D eigenvalue weighted by molar-refractivity contribution is 5.98. The van der Waals surface area contributed by atoms with Gasteiger partial charge in [-0.2, -0.15) is 0 Å². The van der Waals surface area contributed by atoms with E-state index in [1.165, 1.54) is 4.90 Å². The van der Waals surface area contributed by atoms with Gasteiger partial charge in [-0.25, -0.2) is 4.79 Å². The van der Waals surface area contributed by atoms with Crippen molar-refractivity contribution in [1.82, 2.24) is 15.4 Å². The number of benzene rings is 1. The minimum absolute atomic E-state index is 0.235. The fraction of sp³-hybridized carbons (Fsp3) is 0.400. The van der Waals surface area contributed by atoms with Crippen molar-refractivity contribution < 1.29 is 24.0 Å². The van der Waals surface area contributed by atoms with Crippen molar-refractivity contribution in [3.8, 4) is 0 Å². The lowest BCUT2D eigenvalue weighted by atomic mass is 9.96. The maximum absolute atomic E-state index is 12.8. The second-order valence-electron chi connectivity index (χ2n) is 7.14. The number of hydrogen-bond donors (Lipinski definition) is 2. The van der Waals surface area contributed by atoms with Crippen molar-refractivity contribution in [1.29, 1.82) is 0 Å². The van der Waals surface area contributed by atoms with Crippen LogP contribution in [0.25, 0.3) is 0 Å². The third kappa shape index (κ3) is 3.26. The summed E-state index contributed by atoms with van der Waals surface area (Å²) in [6.07, 6.45) is 3.84. The van der Waals surface area contributed by atoms with Gasteiger partial charge in [0.1, 0.15) is 11.8 Å². The van der Waals surface area contributed by atoms with Crippen molar-refractivity contribution in [2.24, 2.45) is 0 Å². The zero-order valence-electron chi connectivity index (χ0n) is 15.3. The van der Waals surface area contributed by atoms with E-state index in [0.717, 1.165) is 37.0 Å². The molecular formula is C20H21N3O5. The fourth-order valence-electron chi connectivity index (χ4n) is 3.97. The second-order valence-corrected chi connectivity index (χ2v) is 7.14. The predicted octanol–water partition coefficient (Wildman–Crippen LogP) is 1.71. The number of nitrogens with zero attached hydrogens (tertiary/aromatic N) is 2. The van der Waals surface area contributed by atoms with E-state index in [1.807, 2.05) is 0 Å². The number of likely N-dealkylation sites (tertiary alicyclic amines) is 1. The summed E-state index contributed by atoms with van der Waals surface area (Å²) in [5, 5.41) is 16.3. The van der Waals surface area contributed by atoms with Crippen LogP contribution in [0.5, 0.6) is 0 Å². The van der Waals surface area contributed by atoms with E-state index in [1.54, 1.807) is 30.3 Å². The number of rotatable bonds is 5. The van der Waals surface area contributed by atoms with Crippen molar-refractivity contribution in [3.05, 3.63) is 52.9 Å². The molecule has 28 heavy (non-hydrogen) atoms. The zero-order chi connectivity index (χ0) is 19.7. The molecule has 0 radical (unpaired) electrons. The number of carboxylic acid groups (broad SMARTS) is 1. The summed E-state index contributed by atoms with van der Waals surface area (Å²) in [6, 6.07) is 6.77. The van der Waals surface area contributed by atoms with E-state index in [9.17, 15) is 19.5 Å². The average molecular weight is 383 g/mol.